The summed E-state index contributed by atoms with van der Waals surface area (Å²) in [5.74, 6) is -0.324. The molecule has 0 aliphatic heterocycles. The summed E-state index contributed by atoms with van der Waals surface area (Å²) in [5, 5.41) is 10.9. The molecule has 0 aliphatic rings. The third kappa shape index (κ3) is 2.30. The van der Waals surface area contributed by atoms with Crippen molar-refractivity contribution >= 4 is 5.91 Å². The molecule has 1 heterocycles. The van der Waals surface area contributed by atoms with Gasteiger partial charge in [-0.3, -0.25) is 4.79 Å². The lowest BCUT2D eigenvalue weighted by molar-refractivity contribution is 0.0943. The molecule has 1 N–H and O–H groups in total. The number of nitrogens with one attached hydrogen (secondary N) is 1. The Labute approximate surface area is 76.0 Å². The lowest BCUT2D eigenvalue weighted by Gasteiger charge is -2.02. The van der Waals surface area contributed by atoms with Gasteiger partial charge in [-0.1, -0.05) is 0 Å². The first kappa shape index (κ1) is 9.26. The van der Waals surface area contributed by atoms with E-state index >= 15 is 0 Å². The number of nitriles is 1. The number of carbonyl (C=O) groups excluding carboxylic acids is 1. The summed E-state index contributed by atoms with van der Waals surface area (Å²) in [4.78, 5) is 15.1. The van der Waals surface area contributed by atoms with Crippen LogP contribution in [0.15, 0.2) is 12.5 Å². The number of rotatable bonds is 2. The maximum Gasteiger partial charge on any atom is 0.272 e. The summed E-state index contributed by atoms with van der Waals surface area (Å²) in [6.45, 7) is 1.61. The van der Waals surface area contributed by atoms with Crippen molar-refractivity contribution in [1.29, 1.82) is 5.26 Å². The van der Waals surface area contributed by atoms with Crippen molar-refractivity contribution in [2.75, 3.05) is 0 Å². The van der Waals surface area contributed by atoms with Crippen LogP contribution in [0.2, 0.25) is 0 Å². The Morgan fingerprint density at radius 2 is 2.54 bits per heavy atom. The Morgan fingerprint density at radius 1 is 1.85 bits per heavy atom. The molecule has 1 rings (SSSR count). The molecule has 1 atom stereocenters. The van der Waals surface area contributed by atoms with E-state index in [1.165, 1.54) is 6.33 Å². The molecule has 0 aromatic carbocycles. The second-order valence-corrected chi connectivity index (χ2v) is 2.75. The second kappa shape index (κ2) is 3.72. The summed E-state index contributed by atoms with van der Waals surface area (Å²) in [6, 6.07) is 1.41. The van der Waals surface area contributed by atoms with Gasteiger partial charge in [-0.25, -0.2) is 4.98 Å². The zero-order valence-corrected chi connectivity index (χ0v) is 7.48. The molecule has 1 unspecified atom stereocenters. The number of imidazole rings is 1. The van der Waals surface area contributed by atoms with Crippen LogP contribution in [0.25, 0.3) is 0 Å². The Kier molecular flexibility index (Phi) is 2.65. The fraction of sp³-hybridized carbons (Fsp3) is 0.375. The molecule has 13 heavy (non-hydrogen) atoms. The van der Waals surface area contributed by atoms with E-state index in [1.807, 2.05) is 6.07 Å². The summed E-state index contributed by atoms with van der Waals surface area (Å²) >= 11 is 0. The number of hydrogen-bond donors (Lipinski definition) is 1. The average molecular weight is 178 g/mol. The van der Waals surface area contributed by atoms with Crippen molar-refractivity contribution in [3.8, 4) is 6.07 Å². The van der Waals surface area contributed by atoms with Crippen LogP contribution in [0.5, 0.6) is 0 Å². The molecule has 0 saturated carbocycles. The van der Waals surface area contributed by atoms with E-state index in [1.54, 1.807) is 24.7 Å². The van der Waals surface area contributed by atoms with Crippen molar-refractivity contribution in [3.63, 3.8) is 0 Å². The standard InChI is InChI=1S/C8H10N4O/c1-6(3-9)11-8(13)7-4-12(2)5-10-7/h4-6H,1-2H3,(H,11,13). The summed E-state index contributed by atoms with van der Waals surface area (Å²) in [5.41, 5.74) is 0.324. The largest absolute Gasteiger partial charge is 0.340 e. The van der Waals surface area contributed by atoms with Crippen LogP contribution in [0.3, 0.4) is 0 Å². The minimum atomic E-state index is -0.491. The molecule has 0 bridgehead atoms. The van der Waals surface area contributed by atoms with E-state index in [9.17, 15) is 4.79 Å². The van der Waals surface area contributed by atoms with Gasteiger partial charge in [-0.15, -0.1) is 0 Å². The Bertz CT molecular complexity index is 349. The Balaban J connectivity index is 2.65. The molecule has 1 aromatic rings. The first-order valence-corrected chi connectivity index (χ1v) is 3.82. The van der Waals surface area contributed by atoms with Crippen LogP contribution >= 0.6 is 0 Å². The molecule has 5 nitrogen and oxygen atoms in total. The van der Waals surface area contributed by atoms with Crippen LogP contribution in [0.4, 0.5) is 0 Å². The molecule has 5 heteroatoms. The van der Waals surface area contributed by atoms with Gasteiger partial charge in [0.2, 0.25) is 0 Å². The summed E-state index contributed by atoms with van der Waals surface area (Å²) < 4.78 is 1.67. The fourth-order valence-corrected chi connectivity index (χ4v) is 0.833. The maximum absolute atomic E-state index is 11.3. The van der Waals surface area contributed by atoms with E-state index in [2.05, 4.69) is 10.3 Å². The van der Waals surface area contributed by atoms with Crippen LogP contribution < -0.4 is 5.32 Å². The molecule has 0 saturated heterocycles. The molecule has 1 amide bonds. The van der Waals surface area contributed by atoms with Crippen LogP contribution in [0, 0.1) is 11.3 Å². The molecule has 68 valence electrons. The monoisotopic (exact) mass is 178 g/mol. The number of aryl methyl sites for hydroxylation is 1. The van der Waals surface area contributed by atoms with Crippen molar-refractivity contribution in [1.82, 2.24) is 14.9 Å². The quantitative estimate of drug-likeness (QED) is 0.696. The highest BCUT2D eigenvalue weighted by Gasteiger charge is 2.10. The van der Waals surface area contributed by atoms with Gasteiger partial charge in [0.15, 0.2) is 0 Å². The van der Waals surface area contributed by atoms with E-state index in [0.717, 1.165) is 0 Å². The molecule has 0 aliphatic carbocycles. The third-order valence-electron chi connectivity index (χ3n) is 1.48. The highest BCUT2D eigenvalue weighted by atomic mass is 16.1. The van der Waals surface area contributed by atoms with Gasteiger partial charge in [-0.2, -0.15) is 5.26 Å². The third-order valence-corrected chi connectivity index (χ3v) is 1.48. The van der Waals surface area contributed by atoms with Gasteiger partial charge in [0.05, 0.1) is 12.4 Å². The van der Waals surface area contributed by atoms with Gasteiger partial charge in [0.1, 0.15) is 11.7 Å². The normalized spacial score (nSPS) is 11.8. The SMILES string of the molecule is CC(C#N)NC(=O)c1cn(C)cn1. The number of aromatic nitrogens is 2. The van der Waals surface area contributed by atoms with Gasteiger partial charge in [0, 0.05) is 13.2 Å². The van der Waals surface area contributed by atoms with Crippen molar-refractivity contribution in [3.05, 3.63) is 18.2 Å². The highest BCUT2D eigenvalue weighted by Crippen LogP contribution is 1.94. The zero-order chi connectivity index (χ0) is 9.84. The Morgan fingerprint density at radius 3 is 3.00 bits per heavy atom. The number of amides is 1. The first-order chi connectivity index (χ1) is 6.13. The number of carbonyl (C=O) groups is 1. The van der Waals surface area contributed by atoms with E-state index < -0.39 is 6.04 Å². The molecule has 0 fully saturated rings. The van der Waals surface area contributed by atoms with E-state index in [-0.39, 0.29) is 5.91 Å². The fourth-order valence-electron chi connectivity index (χ4n) is 0.833. The van der Waals surface area contributed by atoms with Gasteiger partial charge < -0.3 is 9.88 Å². The van der Waals surface area contributed by atoms with E-state index in [0.29, 0.717) is 5.69 Å². The highest BCUT2D eigenvalue weighted by molar-refractivity contribution is 5.92. The van der Waals surface area contributed by atoms with Gasteiger partial charge in [0.25, 0.3) is 5.91 Å². The molecule has 1 aromatic heterocycles. The van der Waals surface area contributed by atoms with E-state index in [4.69, 9.17) is 5.26 Å². The molecular weight excluding hydrogens is 168 g/mol. The molecule has 0 spiro atoms. The molecule has 0 radical (unpaired) electrons. The average Bonchev–Trinajstić information content (AvgIpc) is 2.51. The lowest BCUT2D eigenvalue weighted by Crippen LogP contribution is -2.31. The number of nitrogens with zero attached hydrogens (tertiary/aromatic N) is 3. The molecular formula is C8H10N4O. The second-order valence-electron chi connectivity index (χ2n) is 2.75. The smallest absolute Gasteiger partial charge is 0.272 e. The Hall–Kier alpha value is -1.83. The lowest BCUT2D eigenvalue weighted by atomic mass is 10.3. The van der Waals surface area contributed by atoms with Crippen LogP contribution in [-0.4, -0.2) is 21.5 Å². The van der Waals surface area contributed by atoms with Gasteiger partial charge in [-0.05, 0) is 6.92 Å². The van der Waals surface area contributed by atoms with Crippen LogP contribution in [0.1, 0.15) is 17.4 Å². The topological polar surface area (TPSA) is 70.7 Å². The maximum atomic E-state index is 11.3. The first-order valence-electron chi connectivity index (χ1n) is 3.82. The minimum absolute atomic E-state index is 0.324. The van der Waals surface area contributed by atoms with Crippen LogP contribution in [-0.2, 0) is 7.05 Å². The van der Waals surface area contributed by atoms with Crippen molar-refractivity contribution in [2.24, 2.45) is 7.05 Å². The number of hydrogen-bond acceptors (Lipinski definition) is 3. The van der Waals surface area contributed by atoms with Crippen molar-refractivity contribution in [2.45, 2.75) is 13.0 Å². The minimum Gasteiger partial charge on any atom is -0.340 e. The predicted molar refractivity (Wildman–Crippen MR) is 45.7 cm³/mol. The van der Waals surface area contributed by atoms with Crippen molar-refractivity contribution < 1.29 is 4.79 Å². The summed E-state index contributed by atoms with van der Waals surface area (Å²) in [6.07, 6.45) is 3.13. The predicted octanol–water partition coefficient (Wildman–Crippen LogP) is 0.0620. The zero-order valence-electron chi connectivity index (χ0n) is 7.48. The summed E-state index contributed by atoms with van der Waals surface area (Å²) in [7, 11) is 1.78. The van der Waals surface area contributed by atoms with Gasteiger partial charge >= 0.3 is 0 Å².